The number of aromatic nitrogens is 5. The van der Waals surface area contributed by atoms with Gasteiger partial charge in [-0.1, -0.05) is 127 Å². The van der Waals surface area contributed by atoms with Crippen molar-refractivity contribution in [2.24, 2.45) is 0 Å². The SMILES string of the molecule is c1ccc(-c2nc(-c3ccccc3)nc(-c3ccccc3-c3cccc(-c4cccc(-c5cn6ccccc6n5)c4)c3)n2)cc1. The van der Waals surface area contributed by atoms with E-state index >= 15 is 0 Å². The van der Waals surface area contributed by atoms with Crippen LogP contribution in [-0.4, -0.2) is 24.3 Å². The molecule has 0 aliphatic rings. The summed E-state index contributed by atoms with van der Waals surface area (Å²) in [5.74, 6) is 1.93. The maximum Gasteiger partial charge on any atom is 0.164 e. The molecule has 3 heterocycles. The van der Waals surface area contributed by atoms with Crippen LogP contribution in [-0.2, 0) is 0 Å². The van der Waals surface area contributed by atoms with Gasteiger partial charge in [0.15, 0.2) is 17.5 Å². The van der Waals surface area contributed by atoms with Crippen molar-refractivity contribution in [3.63, 3.8) is 0 Å². The van der Waals surface area contributed by atoms with E-state index in [0.717, 1.165) is 55.8 Å². The number of rotatable bonds is 6. The molecule has 5 nitrogen and oxygen atoms in total. The van der Waals surface area contributed by atoms with Crippen LogP contribution < -0.4 is 0 Å². The highest BCUT2D eigenvalue weighted by Gasteiger charge is 2.16. The second-order valence-electron chi connectivity index (χ2n) is 10.8. The minimum atomic E-state index is 0.637. The Balaban J connectivity index is 1.22. The molecule has 0 bridgehead atoms. The van der Waals surface area contributed by atoms with Gasteiger partial charge >= 0.3 is 0 Å². The Morgan fingerprint density at radius 2 is 0.867 bits per heavy atom. The van der Waals surface area contributed by atoms with Crippen molar-refractivity contribution < 1.29 is 0 Å². The van der Waals surface area contributed by atoms with E-state index in [-0.39, 0.29) is 0 Å². The summed E-state index contributed by atoms with van der Waals surface area (Å²) >= 11 is 0. The first kappa shape index (κ1) is 26.4. The van der Waals surface area contributed by atoms with E-state index < -0.39 is 0 Å². The van der Waals surface area contributed by atoms with Crippen LogP contribution in [0, 0.1) is 0 Å². The molecule has 45 heavy (non-hydrogen) atoms. The second kappa shape index (κ2) is 11.5. The molecule has 8 rings (SSSR count). The van der Waals surface area contributed by atoms with Crippen LogP contribution in [0.2, 0.25) is 0 Å². The number of hydrogen-bond donors (Lipinski definition) is 0. The van der Waals surface area contributed by atoms with Crippen molar-refractivity contribution in [1.29, 1.82) is 0 Å². The van der Waals surface area contributed by atoms with Gasteiger partial charge in [-0.05, 0) is 46.5 Å². The zero-order valence-corrected chi connectivity index (χ0v) is 24.3. The summed E-state index contributed by atoms with van der Waals surface area (Å²) in [6.45, 7) is 0. The fraction of sp³-hybridized carbons (Fsp3) is 0. The molecule has 0 spiro atoms. The zero-order valence-electron chi connectivity index (χ0n) is 24.3. The van der Waals surface area contributed by atoms with Gasteiger partial charge in [0.2, 0.25) is 0 Å². The third kappa shape index (κ3) is 5.28. The number of benzene rings is 5. The van der Waals surface area contributed by atoms with Gasteiger partial charge < -0.3 is 4.40 Å². The van der Waals surface area contributed by atoms with Gasteiger partial charge in [0, 0.05) is 34.6 Å². The fourth-order valence-corrected chi connectivity index (χ4v) is 5.66. The third-order valence-electron chi connectivity index (χ3n) is 7.90. The number of hydrogen-bond acceptors (Lipinski definition) is 4. The Morgan fingerprint density at radius 1 is 0.356 bits per heavy atom. The quantitative estimate of drug-likeness (QED) is 0.197. The molecular weight excluding hydrogens is 550 g/mol. The topological polar surface area (TPSA) is 56.0 Å². The Labute approximate surface area is 261 Å². The normalized spacial score (nSPS) is 11.1. The number of pyridine rings is 1. The van der Waals surface area contributed by atoms with Crippen molar-refractivity contribution >= 4 is 5.65 Å². The maximum absolute atomic E-state index is 5.00. The Bertz CT molecular complexity index is 2180. The van der Waals surface area contributed by atoms with Crippen LogP contribution in [0.15, 0.2) is 164 Å². The van der Waals surface area contributed by atoms with Crippen LogP contribution in [0.5, 0.6) is 0 Å². The van der Waals surface area contributed by atoms with Crippen LogP contribution in [0.25, 0.3) is 73.3 Å². The lowest BCUT2D eigenvalue weighted by Gasteiger charge is -2.13. The number of imidazole rings is 1. The van der Waals surface area contributed by atoms with Crippen molar-refractivity contribution in [2.75, 3.05) is 0 Å². The predicted molar refractivity (Wildman–Crippen MR) is 181 cm³/mol. The van der Waals surface area contributed by atoms with Gasteiger partial charge in [0.25, 0.3) is 0 Å². The lowest BCUT2D eigenvalue weighted by molar-refractivity contribution is 1.07. The van der Waals surface area contributed by atoms with Crippen molar-refractivity contribution in [3.8, 4) is 67.7 Å². The van der Waals surface area contributed by atoms with E-state index in [1.54, 1.807) is 0 Å². The molecule has 0 N–H and O–H groups in total. The van der Waals surface area contributed by atoms with Gasteiger partial charge in [-0.2, -0.15) is 0 Å². The molecule has 5 aromatic carbocycles. The summed E-state index contributed by atoms with van der Waals surface area (Å²) < 4.78 is 2.05. The first-order chi connectivity index (χ1) is 22.3. The molecule has 0 aliphatic heterocycles. The summed E-state index contributed by atoms with van der Waals surface area (Å²) in [5.41, 5.74) is 10.2. The highest BCUT2D eigenvalue weighted by molar-refractivity contribution is 5.84. The summed E-state index contributed by atoms with van der Waals surface area (Å²) in [5, 5.41) is 0. The first-order valence-electron chi connectivity index (χ1n) is 14.9. The minimum absolute atomic E-state index is 0.637. The molecule has 0 aliphatic carbocycles. The van der Waals surface area contributed by atoms with E-state index in [2.05, 4.69) is 72.9 Å². The molecule has 212 valence electrons. The Kier molecular flexibility index (Phi) is 6.74. The Hall–Kier alpha value is -6.20. The molecule has 0 radical (unpaired) electrons. The summed E-state index contributed by atoms with van der Waals surface area (Å²) in [4.78, 5) is 19.7. The van der Waals surface area contributed by atoms with Gasteiger partial charge in [-0.15, -0.1) is 0 Å². The van der Waals surface area contributed by atoms with Crippen LogP contribution in [0.1, 0.15) is 0 Å². The molecule has 3 aromatic heterocycles. The summed E-state index contributed by atoms with van der Waals surface area (Å²) in [6.07, 6.45) is 4.10. The van der Waals surface area contributed by atoms with Crippen LogP contribution in [0.4, 0.5) is 0 Å². The van der Waals surface area contributed by atoms with Gasteiger partial charge in [0.05, 0.1) is 5.69 Å². The molecule has 8 aromatic rings. The lowest BCUT2D eigenvalue weighted by Crippen LogP contribution is -2.01. The smallest absolute Gasteiger partial charge is 0.164 e. The van der Waals surface area contributed by atoms with E-state index in [1.807, 2.05) is 95.5 Å². The molecule has 0 unspecified atom stereocenters. The van der Waals surface area contributed by atoms with E-state index in [4.69, 9.17) is 19.9 Å². The molecule has 0 fully saturated rings. The highest BCUT2D eigenvalue weighted by Crippen LogP contribution is 2.35. The Morgan fingerprint density at radius 3 is 1.53 bits per heavy atom. The lowest BCUT2D eigenvalue weighted by atomic mass is 9.94. The van der Waals surface area contributed by atoms with Gasteiger partial charge in [0.1, 0.15) is 5.65 Å². The fourth-order valence-electron chi connectivity index (χ4n) is 5.66. The summed E-state index contributed by atoms with van der Waals surface area (Å²) in [7, 11) is 0. The second-order valence-corrected chi connectivity index (χ2v) is 10.8. The van der Waals surface area contributed by atoms with E-state index in [0.29, 0.717) is 17.5 Å². The maximum atomic E-state index is 5.00. The largest absolute Gasteiger partial charge is 0.306 e. The molecule has 0 atom stereocenters. The first-order valence-corrected chi connectivity index (χ1v) is 14.9. The molecule has 5 heteroatoms. The van der Waals surface area contributed by atoms with Crippen molar-refractivity contribution in [1.82, 2.24) is 24.3 Å². The van der Waals surface area contributed by atoms with Crippen LogP contribution in [0.3, 0.4) is 0 Å². The summed E-state index contributed by atoms with van der Waals surface area (Å²) in [6, 6.07) is 51.7. The monoisotopic (exact) mass is 577 g/mol. The van der Waals surface area contributed by atoms with E-state index in [1.165, 1.54) is 0 Å². The molecule has 0 amide bonds. The van der Waals surface area contributed by atoms with E-state index in [9.17, 15) is 0 Å². The molecule has 0 saturated carbocycles. The zero-order chi connectivity index (χ0) is 30.0. The standard InChI is InChI=1S/C40H27N5/c1-3-13-28(14-4-1)38-42-39(29-15-5-2-6-16-29)44-40(43-38)35-22-8-7-21-34(35)32-19-11-17-30(25-32)31-18-12-20-33(26-31)36-27-45-24-10-9-23-37(45)41-36/h1-27H. The van der Waals surface area contributed by atoms with Crippen molar-refractivity contribution in [3.05, 3.63) is 164 Å². The average molecular weight is 578 g/mol. The number of nitrogens with zero attached hydrogens (tertiary/aromatic N) is 5. The molecule has 0 saturated heterocycles. The third-order valence-corrected chi connectivity index (χ3v) is 7.90. The van der Waals surface area contributed by atoms with Crippen molar-refractivity contribution in [2.45, 2.75) is 0 Å². The minimum Gasteiger partial charge on any atom is -0.306 e. The molecular formula is C40H27N5. The highest BCUT2D eigenvalue weighted by atomic mass is 15.0. The average Bonchev–Trinajstić information content (AvgIpc) is 3.57. The van der Waals surface area contributed by atoms with Gasteiger partial charge in [-0.3, -0.25) is 0 Å². The van der Waals surface area contributed by atoms with Gasteiger partial charge in [-0.25, -0.2) is 19.9 Å². The number of fused-ring (bicyclic) bond motifs is 1. The predicted octanol–water partition coefficient (Wildman–Crippen LogP) is 9.52. The van der Waals surface area contributed by atoms with Crippen LogP contribution >= 0.6 is 0 Å².